The van der Waals surface area contributed by atoms with Crippen LogP contribution < -0.4 is 11.1 Å². The number of carbonyl (C=O) groups is 1. The summed E-state index contributed by atoms with van der Waals surface area (Å²) in [4.78, 5) is 12.5. The summed E-state index contributed by atoms with van der Waals surface area (Å²) in [5.74, 6) is 1.36. The van der Waals surface area contributed by atoms with Gasteiger partial charge < -0.3 is 11.1 Å². The number of nitrogens with two attached hydrogens (primary N) is 1. The van der Waals surface area contributed by atoms with Gasteiger partial charge in [0.05, 0.1) is 11.0 Å². The molecule has 18 heavy (non-hydrogen) atoms. The van der Waals surface area contributed by atoms with Crippen LogP contribution in [0, 0.1) is 11.8 Å². The second-order valence-corrected chi connectivity index (χ2v) is 6.53. The molecule has 3 nitrogen and oxygen atoms in total. The summed E-state index contributed by atoms with van der Waals surface area (Å²) >= 11 is 6.81. The summed E-state index contributed by atoms with van der Waals surface area (Å²) in [6.07, 6.45) is 7.99. The fourth-order valence-electron chi connectivity index (χ4n) is 2.51. The van der Waals surface area contributed by atoms with Gasteiger partial charge in [-0.1, -0.05) is 38.4 Å². The van der Waals surface area contributed by atoms with Crippen molar-refractivity contribution in [1.82, 2.24) is 5.32 Å². The lowest BCUT2D eigenvalue weighted by Gasteiger charge is -2.31. The maximum Gasteiger partial charge on any atom is 0.224 e. The van der Waals surface area contributed by atoms with Crippen LogP contribution in [0.4, 0.5) is 0 Å². The Labute approximate surface area is 120 Å². The van der Waals surface area contributed by atoms with E-state index in [0.717, 1.165) is 18.6 Å². The first-order valence-corrected chi connectivity index (χ1v) is 8.45. The lowest BCUT2D eigenvalue weighted by Crippen LogP contribution is -2.50. The molecule has 1 amide bonds. The highest BCUT2D eigenvalue weighted by Gasteiger charge is 2.28. The Morgan fingerprint density at radius 2 is 2.06 bits per heavy atom. The molecule has 0 aromatic heterocycles. The monoisotopic (exact) mass is 288 g/mol. The number of hydrogen-bond donors (Lipinski definition) is 2. The maximum atomic E-state index is 12.1. The summed E-state index contributed by atoms with van der Waals surface area (Å²) in [6.45, 7) is 1.95. The molecule has 3 N–H and O–H groups in total. The van der Waals surface area contributed by atoms with Gasteiger partial charge in [-0.2, -0.15) is 11.8 Å². The average Bonchev–Trinajstić information content (AvgIpc) is 2.36. The van der Waals surface area contributed by atoms with Gasteiger partial charge in [0.2, 0.25) is 5.91 Å². The molecule has 1 aliphatic rings. The summed E-state index contributed by atoms with van der Waals surface area (Å²) in [7, 11) is 0. The average molecular weight is 288 g/mol. The summed E-state index contributed by atoms with van der Waals surface area (Å²) in [5, 5.41) is 3.05. The lowest BCUT2D eigenvalue weighted by atomic mass is 9.83. The van der Waals surface area contributed by atoms with Gasteiger partial charge in [0, 0.05) is 11.7 Å². The van der Waals surface area contributed by atoms with Gasteiger partial charge in [-0.05, 0) is 25.0 Å². The van der Waals surface area contributed by atoms with Crippen LogP contribution >= 0.6 is 24.0 Å². The third kappa shape index (κ3) is 4.76. The van der Waals surface area contributed by atoms with E-state index >= 15 is 0 Å². The van der Waals surface area contributed by atoms with E-state index < -0.39 is 0 Å². The Kier molecular flexibility index (Phi) is 7.00. The number of carbonyl (C=O) groups excluding carboxylic acids is 1. The Hall–Kier alpha value is -0.290. The lowest BCUT2D eigenvalue weighted by molar-refractivity contribution is -0.124. The molecule has 1 fully saturated rings. The SMILES string of the molecule is CSCC(C)C(=O)NC(C(N)=S)C1CCCCC1. The van der Waals surface area contributed by atoms with E-state index in [1.54, 1.807) is 11.8 Å². The first kappa shape index (κ1) is 15.8. The van der Waals surface area contributed by atoms with E-state index in [0.29, 0.717) is 10.9 Å². The Balaban J connectivity index is 2.56. The molecule has 1 rings (SSSR count). The molecule has 1 aliphatic carbocycles. The number of amides is 1. The van der Waals surface area contributed by atoms with Crippen LogP contribution in [0.15, 0.2) is 0 Å². The summed E-state index contributed by atoms with van der Waals surface area (Å²) < 4.78 is 0. The molecule has 1 saturated carbocycles. The van der Waals surface area contributed by atoms with Crippen LogP contribution in [0.5, 0.6) is 0 Å². The van der Waals surface area contributed by atoms with E-state index in [4.69, 9.17) is 18.0 Å². The predicted octanol–water partition coefficient (Wildman–Crippen LogP) is 2.34. The Morgan fingerprint density at radius 3 is 2.56 bits per heavy atom. The van der Waals surface area contributed by atoms with Gasteiger partial charge in [0.25, 0.3) is 0 Å². The van der Waals surface area contributed by atoms with Gasteiger partial charge in [-0.15, -0.1) is 0 Å². The molecule has 104 valence electrons. The molecule has 0 heterocycles. The highest BCUT2D eigenvalue weighted by Crippen LogP contribution is 2.27. The fraction of sp³-hybridized carbons (Fsp3) is 0.846. The van der Waals surface area contributed by atoms with Crippen molar-refractivity contribution in [2.45, 2.75) is 45.1 Å². The third-order valence-corrected chi connectivity index (χ3v) is 4.68. The molecule has 2 atom stereocenters. The first-order valence-electron chi connectivity index (χ1n) is 6.65. The normalized spacial score (nSPS) is 20.1. The Morgan fingerprint density at radius 1 is 1.44 bits per heavy atom. The standard InChI is InChI=1S/C13H24N2OS2/c1-9(8-18-2)13(16)15-11(12(14)17)10-6-4-3-5-7-10/h9-11H,3-8H2,1-2H3,(H2,14,17)(H,15,16). The van der Waals surface area contributed by atoms with Crippen molar-refractivity contribution in [1.29, 1.82) is 0 Å². The summed E-state index contributed by atoms with van der Waals surface area (Å²) in [5.41, 5.74) is 5.80. The topological polar surface area (TPSA) is 55.1 Å². The van der Waals surface area contributed by atoms with Crippen LogP contribution in [0.25, 0.3) is 0 Å². The van der Waals surface area contributed by atoms with Crippen molar-refractivity contribution in [3.8, 4) is 0 Å². The minimum Gasteiger partial charge on any atom is -0.392 e. The van der Waals surface area contributed by atoms with Gasteiger partial charge >= 0.3 is 0 Å². The number of thiocarbonyl (C=S) groups is 1. The molecular weight excluding hydrogens is 264 g/mol. The minimum atomic E-state index is -0.114. The second kappa shape index (κ2) is 8.00. The predicted molar refractivity (Wildman–Crippen MR) is 82.8 cm³/mol. The largest absolute Gasteiger partial charge is 0.392 e. The van der Waals surface area contributed by atoms with E-state index in [1.165, 1.54) is 19.3 Å². The zero-order chi connectivity index (χ0) is 13.5. The van der Waals surface area contributed by atoms with Crippen LogP contribution in [-0.4, -0.2) is 28.9 Å². The van der Waals surface area contributed by atoms with Crippen molar-refractivity contribution in [2.24, 2.45) is 17.6 Å². The number of rotatable bonds is 6. The van der Waals surface area contributed by atoms with Crippen LogP contribution in [-0.2, 0) is 4.79 Å². The van der Waals surface area contributed by atoms with Crippen LogP contribution in [0.3, 0.4) is 0 Å². The van der Waals surface area contributed by atoms with Gasteiger partial charge in [-0.25, -0.2) is 0 Å². The minimum absolute atomic E-state index is 0.0143. The molecule has 0 aliphatic heterocycles. The van der Waals surface area contributed by atoms with Gasteiger partial charge in [0.1, 0.15) is 0 Å². The molecule has 0 radical (unpaired) electrons. The van der Waals surface area contributed by atoms with Crippen molar-refractivity contribution in [2.75, 3.05) is 12.0 Å². The molecule has 0 aromatic carbocycles. The zero-order valence-corrected chi connectivity index (χ0v) is 12.9. The number of hydrogen-bond acceptors (Lipinski definition) is 3. The third-order valence-electron chi connectivity index (χ3n) is 3.59. The zero-order valence-electron chi connectivity index (χ0n) is 11.3. The van der Waals surface area contributed by atoms with E-state index in [2.05, 4.69) is 5.32 Å². The van der Waals surface area contributed by atoms with Gasteiger partial charge in [-0.3, -0.25) is 4.79 Å². The molecule has 2 unspecified atom stereocenters. The highest BCUT2D eigenvalue weighted by atomic mass is 32.2. The Bertz CT molecular complexity index is 291. The van der Waals surface area contributed by atoms with Crippen LogP contribution in [0.2, 0.25) is 0 Å². The van der Waals surface area contributed by atoms with Gasteiger partial charge in [0.15, 0.2) is 0 Å². The fourth-order valence-corrected chi connectivity index (χ4v) is 3.41. The molecular formula is C13H24N2OS2. The molecule has 0 bridgehead atoms. The maximum absolute atomic E-state index is 12.1. The first-order chi connectivity index (χ1) is 8.56. The molecule has 0 saturated heterocycles. The van der Waals surface area contributed by atoms with Crippen molar-refractivity contribution in [3.05, 3.63) is 0 Å². The number of nitrogens with one attached hydrogen (secondary N) is 1. The molecule has 0 aromatic rings. The second-order valence-electron chi connectivity index (χ2n) is 5.14. The summed E-state index contributed by atoms with van der Waals surface area (Å²) in [6, 6.07) is -0.114. The number of thioether (sulfide) groups is 1. The quantitative estimate of drug-likeness (QED) is 0.737. The highest BCUT2D eigenvalue weighted by molar-refractivity contribution is 7.98. The van der Waals surface area contributed by atoms with E-state index in [1.807, 2.05) is 13.2 Å². The van der Waals surface area contributed by atoms with Crippen LogP contribution in [0.1, 0.15) is 39.0 Å². The molecule has 5 heteroatoms. The smallest absolute Gasteiger partial charge is 0.224 e. The van der Waals surface area contributed by atoms with E-state index in [-0.39, 0.29) is 17.9 Å². The van der Waals surface area contributed by atoms with E-state index in [9.17, 15) is 4.79 Å². The van der Waals surface area contributed by atoms with Crippen molar-refractivity contribution < 1.29 is 4.79 Å². The van der Waals surface area contributed by atoms with Crippen molar-refractivity contribution in [3.63, 3.8) is 0 Å². The van der Waals surface area contributed by atoms with Crippen molar-refractivity contribution >= 4 is 34.9 Å². The molecule has 0 spiro atoms.